The van der Waals surface area contributed by atoms with Crippen LogP contribution in [0.4, 0.5) is 0 Å². The van der Waals surface area contributed by atoms with Gasteiger partial charge in [-0.3, -0.25) is 0 Å². The Morgan fingerprint density at radius 3 is 2.19 bits per heavy atom. The van der Waals surface area contributed by atoms with Gasteiger partial charge in [-0.2, -0.15) is 4.31 Å². The summed E-state index contributed by atoms with van der Waals surface area (Å²) in [5.41, 5.74) is 4.51. The predicted molar refractivity (Wildman–Crippen MR) is 123 cm³/mol. The summed E-state index contributed by atoms with van der Waals surface area (Å²) in [5.74, 6) is -0.576. The van der Waals surface area contributed by atoms with Crippen molar-refractivity contribution in [3.8, 4) is 0 Å². The van der Waals surface area contributed by atoms with Gasteiger partial charge in [0.25, 0.3) is 0 Å². The topological polar surface area (TPSA) is 63.7 Å². The van der Waals surface area contributed by atoms with Gasteiger partial charge < -0.3 is 4.74 Å². The first-order chi connectivity index (χ1) is 14.4. The molecule has 0 atom stereocenters. The van der Waals surface area contributed by atoms with E-state index in [0.29, 0.717) is 13.1 Å². The summed E-state index contributed by atoms with van der Waals surface area (Å²) < 4.78 is 32.8. The number of hydrogen-bond donors (Lipinski definition) is 0. The SMILES string of the molecule is Cc1cc(C(C)(C)C)cc(C)c1COC(=O)c1ccc(Cl)c(S(=O)(=O)N2CCCC2)c1. The molecular weight excluding hydrogens is 434 g/mol. The summed E-state index contributed by atoms with van der Waals surface area (Å²) in [6.45, 7) is 11.6. The molecule has 0 unspecified atom stereocenters. The van der Waals surface area contributed by atoms with Gasteiger partial charge in [0, 0.05) is 13.1 Å². The number of esters is 1. The van der Waals surface area contributed by atoms with Crippen molar-refractivity contribution in [1.82, 2.24) is 4.31 Å². The van der Waals surface area contributed by atoms with Gasteiger partial charge in [0.1, 0.15) is 11.5 Å². The molecule has 0 amide bonds. The fourth-order valence-electron chi connectivity index (χ4n) is 3.77. The number of hydrogen-bond acceptors (Lipinski definition) is 4. The second kappa shape index (κ2) is 8.93. The minimum absolute atomic E-state index is 0.0330. The molecule has 2 aromatic carbocycles. The first-order valence-corrected chi connectivity index (χ1v) is 12.3. The molecule has 0 radical (unpaired) electrons. The predicted octanol–water partition coefficient (Wildman–Crippen LogP) is 5.40. The number of carbonyl (C=O) groups is 1. The second-order valence-electron chi connectivity index (χ2n) is 9.17. The highest BCUT2D eigenvalue weighted by molar-refractivity contribution is 7.89. The average Bonchev–Trinajstić information content (AvgIpc) is 3.22. The maximum Gasteiger partial charge on any atom is 0.338 e. The van der Waals surface area contributed by atoms with Crippen LogP contribution in [0.25, 0.3) is 0 Å². The molecule has 7 heteroatoms. The minimum atomic E-state index is -3.73. The number of sulfonamides is 1. The standard InChI is InChI=1S/C24H30ClNO4S/c1-16-12-19(24(3,4)5)13-17(2)20(16)15-30-23(27)18-8-9-21(25)22(14-18)31(28,29)26-10-6-7-11-26/h8-9,12-14H,6-7,10-11,15H2,1-5H3. The second-order valence-corrected chi connectivity index (χ2v) is 11.5. The molecule has 1 aliphatic heterocycles. The van der Waals surface area contributed by atoms with Crippen molar-refractivity contribution in [2.75, 3.05) is 13.1 Å². The lowest BCUT2D eigenvalue weighted by Crippen LogP contribution is -2.28. The smallest absolute Gasteiger partial charge is 0.338 e. The number of aryl methyl sites for hydroxylation is 2. The Hall–Kier alpha value is -1.89. The minimum Gasteiger partial charge on any atom is -0.457 e. The molecule has 0 aliphatic carbocycles. The molecule has 1 fully saturated rings. The summed E-state index contributed by atoms with van der Waals surface area (Å²) >= 11 is 6.17. The van der Waals surface area contributed by atoms with E-state index in [9.17, 15) is 13.2 Å². The van der Waals surface area contributed by atoms with Crippen LogP contribution in [0, 0.1) is 13.8 Å². The van der Waals surface area contributed by atoms with Gasteiger partial charge in [-0.15, -0.1) is 0 Å². The number of benzene rings is 2. The van der Waals surface area contributed by atoms with Crippen LogP contribution in [0.3, 0.4) is 0 Å². The van der Waals surface area contributed by atoms with Crippen LogP contribution in [-0.2, 0) is 26.8 Å². The Balaban J connectivity index is 1.81. The molecule has 168 valence electrons. The lowest BCUT2D eigenvalue weighted by molar-refractivity contribution is 0.0471. The number of carbonyl (C=O) groups excluding carboxylic acids is 1. The van der Waals surface area contributed by atoms with Gasteiger partial charge in [-0.25, -0.2) is 13.2 Å². The summed E-state index contributed by atoms with van der Waals surface area (Å²) in [4.78, 5) is 12.7. The monoisotopic (exact) mass is 463 g/mol. The van der Waals surface area contributed by atoms with E-state index < -0.39 is 16.0 Å². The van der Waals surface area contributed by atoms with Crippen molar-refractivity contribution in [3.05, 3.63) is 63.2 Å². The van der Waals surface area contributed by atoms with Crippen LogP contribution in [0.15, 0.2) is 35.2 Å². The van der Waals surface area contributed by atoms with Gasteiger partial charge in [0.05, 0.1) is 10.6 Å². The third-order valence-corrected chi connectivity index (χ3v) is 8.14. The molecule has 1 aliphatic rings. The average molecular weight is 464 g/mol. The van der Waals surface area contributed by atoms with Crippen LogP contribution in [0.1, 0.15) is 66.2 Å². The zero-order chi connectivity index (χ0) is 23.0. The quantitative estimate of drug-likeness (QED) is 0.557. The fraction of sp³-hybridized carbons (Fsp3) is 0.458. The first-order valence-electron chi connectivity index (χ1n) is 10.5. The van der Waals surface area contributed by atoms with Gasteiger partial charge in [0.2, 0.25) is 10.0 Å². The van der Waals surface area contributed by atoms with Gasteiger partial charge in [-0.05, 0) is 72.6 Å². The van der Waals surface area contributed by atoms with Gasteiger partial charge >= 0.3 is 5.97 Å². The van der Waals surface area contributed by atoms with E-state index in [4.69, 9.17) is 16.3 Å². The Kier molecular flexibility index (Phi) is 6.84. The van der Waals surface area contributed by atoms with Crippen LogP contribution < -0.4 is 0 Å². The lowest BCUT2D eigenvalue weighted by Gasteiger charge is -2.22. The molecule has 5 nitrogen and oxygen atoms in total. The largest absolute Gasteiger partial charge is 0.457 e. The highest BCUT2D eigenvalue weighted by Crippen LogP contribution is 2.29. The highest BCUT2D eigenvalue weighted by Gasteiger charge is 2.30. The summed E-state index contributed by atoms with van der Waals surface area (Å²) in [6.07, 6.45) is 1.65. The Labute approximate surface area is 190 Å². The van der Waals surface area contributed by atoms with E-state index in [-0.39, 0.29) is 27.5 Å². The molecule has 1 heterocycles. The van der Waals surface area contributed by atoms with Gasteiger partial charge in [-0.1, -0.05) is 44.5 Å². The maximum absolute atomic E-state index is 12.9. The summed E-state index contributed by atoms with van der Waals surface area (Å²) in [6, 6.07) is 8.50. The van der Waals surface area contributed by atoms with Crippen LogP contribution >= 0.6 is 11.6 Å². The number of rotatable bonds is 5. The molecule has 0 bridgehead atoms. The van der Waals surface area contributed by atoms with E-state index in [1.54, 1.807) is 0 Å². The number of nitrogens with zero attached hydrogens (tertiary/aromatic N) is 1. The van der Waals surface area contributed by atoms with Crippen molar-refractivity contribution in [2.24, 2.45) is 0 Å². The fourth-order valence-corrected chi connectivity index (χ4v) is 5.79. The Bertz CT molecular complexity index is 1070. The molecule has 1 saturated heterocycles. The summed E-state index contributed by atoms with van der Waals surface area (Å²) in [5, 5.41) is 0.105. The first kappa shape index (κ1) is 23.8. The highest BCUT2D eigenvalue weighted by atomic mass is 35.5. The molecular formula is C24H30ClNO4S. The van der Waals surface area contributed by atoms with Crippen molar-refractivity contribution in [1.29, 1.82) is 0 Å². The van der Waals surface area contributed by atoms with Crippen LogP contribution in [0.5, 0.6) is 0 Å². The molecule has 0 saturated carbocycles. The van der Waals surface area contributed by atoms with E-state index in [1.807, 2.05) is 13.8 Å². The zero-order valence-electron chi connectivity index (χ0n) is 18.8. The van der Waals surface area contributed by atoms with E-state index >= 15 is 0 Å². The number of ether oxygens (including phenoxy) is 1. The van der Waals surface area contributed by atoms with Crippen molar-refractivity contribution >= 4 is 27.6 Å². The molecule has 31 heavy (non-hydrogen) atoms. The Morgan fingerprint density at radius 1 is 1.06 bits per heavy atom. The third-order valence-electron chi connectivity index (χ3n) is 5.76. The molecule has 0 aromatic heterocycles. The van der Waals surface area contributed by atoms with E-state index in [2.05, 4.69) is 32.9 Å². The van der Waals surface area contributed by atoms with Crippen molar-refractivity contribution < 1.29 is 17.9 Å². The molecule has 2 aromatic rings. The van der Waals surface area contributed by atoms with E-state index in [0.717, 1.165) is 29.5 Å². The van der Waals surface area contributed by atoms with Crippen LogP contribution in [0.2, 0.25) is 5.02 Å². The zero-order valence-corrected chi connectivity index (χ0v) is 20.4. The molecule has 0 N–H and O–H groups in total. The van der Waals surface area contributed by atoms with E-state index in [1.165, 1.54) is 28.1 Å². The summed E-state index contributed by atoms with van der Waals surface area (Å²) in [7, 11) is -3.73. The van der Waals surface area contributed by atoms with Crippen LogP contribution in [-0.4, -0.2) is 31.8 Å². The Morgan fingerprint density at radius 2 is 1.65 bits per heavy atom. The van der Waals surface area contributed by atoms with Crippen molar-refractivity contribution in [3.63, 3.8) is 0 Å². The maximum atomic E-state index is 12.9. The third kappa shape index (κ3) is 5.13. The normalized spacial score (nSPS) is 15.3. The van der Waals surface area contributed by atoms with Gasteiger partial charge in [0.15, 0.2) is 0 Å². The number of halogens is 1. The lowest BCUT2D eigenvalue weighted by atomic mass is 9.84. The molecule has 3 rings (SSSR count). The molecule has 0 spiro atoms. The van der Waals surface area contributed by atoms with Crippen molar-refractivity contribution in [2.45, 2.75) is 64.4 Å².